The zero-order valence-corrected chi connectivity index (χ0v) is 19.7. The van der Waals surface area contributed by atoms with Crippen molar-refractivity contribution in [3.8, 4) is 0 Å². The van der Waals surface area contributed by atoms with Gasteiger partial charge in [-0.1, -0.05) is 76.8 Å². The van der Waals surface area contributed by atoms with Gasteiger partial charge in [-0.25, -0.2) is 0 Å². The fraction of sp³-hybridized carbons (Fsp3) is 0.654. The van der Waals surface area contributed by atoms with Crippen LogP contribution >= 0.6 is 0 Å². The molecule has 6 nitrogen and oxygen atoms in total. The van der Waals surface area contributed by atoms with Gasteiger partial charge in [-0.15, -0.1) is 0 Å². The molecule has 2 N–H and O–H groups in total. The average molecular weight is 442 g/mol. The third-order valence-corrected chi connectivity index (χ3v) is 6.87. The van der Waals surface area contributed by atoms with Crippen LogP contribution in [0.15, 0.2) is 24.3 Å². The number of rotatable bonds is 10. The van der Waals surface area contributed by atoms with E-state index in [0.717, 1.165) is 44.9 Å². The minimum Gasteiger partial charge on any atom is -0.352 e. The summed E-state index contributed by atoms with van der Waals surface area (Å²) in [5, 5.41) is 6.08. The molecule has 2 atom stereocenters. The van der Waals surface area contributed by atoms with Crippen molar-refractivity contribution in [2.45, 2.75) is 109 Å². The highest BCUT2D eigenvalue weighted by atomic mass is 16.2. The van der Waals surface area contributed by atoms with Gasteiger partial charge in [0.15, 0.2) is 0 Å². The fourth-order valence-electron chi connectivity index (χ4n) is 4.93. The summed E-state index contributed by atoms with van der Waals surface area (Å²) >= 11 is 0. The van der Waals surface area contributed by atoms with Gasteiger partial charge in [0.05, 0.1) is 11.3 Å². The molecular formula is C26H39N3O3. The zero-order chi connectivity index (χ0) is 22.9. The minimum absolute atomic E-state index is 0.113. The Morgan fingerprint density at radius 2 is 1.75 bits per heavy atom. The van der Waals surface area contributed by atoms with E-state index < -0.39 is 12.1 Å². The van der Waals surface area contributed by atoms with E-state index in [-0.39, 0.29) is 23.8 Å². The van der Waals surface area contributed by atoms with Crippen molar-refractivity contribution in [2.75, 3.05) is 5.32 Å². The molecule has 0 spiro atoms. The molecule has 0 radical (unpaired) electrons. The van der Waals surface area contributed by atoms with E-state index in [1.165, 1.54) is 30.6 Å². The first kappa shape index (κ1) is 24.3. The maximum Gasteiger partial charge on any atom is 0.257 e. The van der Waals surface area contributed by atoms with Gasteiger partial charge in [0.25, 0.3) is 5.91 Å². The largest absolute Gasteiger partial charge is 0.352 e. The lowest BCUT2D eigenvalue weighted by Crippen LogP contribution is -2.56. The monoisotopic (exact) mass is 441 g/mol. The Morgan fingerprint density at radius 1 is 1.06 bits per heavy atom. The van der Waals surface area contributed by atoms with Crippen molar-refractivity contribution in [3.63, 3.8) is 0 Å². The van der Waals surface area contributed by atoms with Crippen LogP contribution in [0, 0.1) is 0 Å². The van der Waals surface area contributed by atoms with Crippen LogP contribution < -0.4 is 10.6 Å². The van der Waals surface area contributed by atoms with E-state index in [2.05, 4.69) is 17.6 Å². The lowest BCUT2D eigenvalue weighted by Gasteiger charge is -2.35. The Hall–Kier alpha value is -2.37. The number of para-hydroxylation sites is 1. The molecule has 0 saturated heterocycles. The molecule has 1 saturated carbocycles. The summed E-state index contributed by atoms with van der Waals surface area (Å²) in [7, 11) is 0. The highest BCUT2D eigenvalue weighted by molar-refractivity contribution is 6.11. The van der Waals surface area contributed by atoms with Gasteiger partial charge in [0.2, 0.25) is 11.8 Å². The van der Waals surface area contributed by atoms with Crippen molar-refractivity contribution < 1.29 is 14.4 Å². The highest BCUT2D eigenvalue weighted by Crippen LogP contribution is 2.27. The molecule has 1 fully saturated rings. The summed E-state index contributed by atoms with van der Waals surface area (Å²) in [4.78, 5) is 41.4. The van der Waals surface area contributed by atoms with Crippen LogP contribution in [-0.2, 0) is 9.59 Å². The SMILES string of the molecule is CCCCCCCCC(C(=O)NC1CCCCC1)N1C(=O)c2ccccc2NC(=O)C1C. The smallest absolute Gasteiger partial charge is 0.257 e. The maximum absolute atomic E-state index is 13.6. The first-order valence-electron chi connectivity index (χ1n) is 12.6. The number of amides is 3. The quantitative estimate of drug-likeness (QED) is 0.500. The molecule has 1 heterocycles. The normalized spacial score (nSPS) is 20.3. The van der Waals surface area contributed by atoms with Gasteiger partial charge in [0.1, 0.15) is 12.1 Å². The van der Waals surface area contributed by atoms with Gasteiger partial charge >= 0.3 is 0 Å². The Bertz CT molecular complexity index is 788. The molecule has 32 heavy (non-hydrogen) atoms. The molecule has 3 rings (SSSR count). The molecule has 1 aromatic carbocycles. The second-order valence-corrected chi connectivity index (χ2v) is 9.34. The van der Waals surface area contributed by atoms with Crippen LogP contribution in [0.4, 0.5) is 5.69 Å². The molecule has 2 unspecified atom stereocenters. The standard InChI is InChI=1S/C26H39N3O3/c1-3-4-5-6-7-11-18-23(25(31)27-20-14-9-8-10-15-20)29-19(2)24(30)28-22-17-13-12-16-21(22)26(29)32/h12-13,16-17,19-20,23H,3-11,14-15,18H2,1-2H3,(H,27,31)(H,28,30). The predicted octanol–water partition coefficient (Wildman–Crippen LogP) is 5.04. The van der Waals surface area contributed by atoms with Gasteiger partial charge in [-0.3, -0.25) is 14.4 Å². The van der Waals surface area contributed by atoms with Crippen molar-refractivity contribution in [1.82, 2.24) is 10.2 Å². The Labute approximate surface area is 192 Å². The van der Waals surface area contributed by atoms with Crippen molar-refractivity contribution >= 4 is 23.4 Å². The van der Waals surface area contributed by atoms with Gasteiger partial charge in [0, 0.05) is 6.04 Å². The number of benzene rings is 1. The first-order chi connectivity index (χ1) is 15.5. The van der Waals surface area contributed by atoms with Crippen LogP contribution in [-0.4, -0.2) is 40.7 Å². The maximum atomic E-state index is 13.6. The molecule has 1 aliphatic heterocycles. The number of hydrogen-bond donors (Lipinski definition) is 2. The number of carbonyl (C=O) groups is 3. The summed E-state index contributed by atoms with van der Waals surface area (Å²) in [5.41, 5.74) is 0.964. The Kier molecular flexibility index (Phi) is 9.12. The minimum atomic E-state index is -0.711. The number of hydrogen-bond acceptors (Lipinski definition) is 3. The molecule has 6 heteroatoms. The van der Waals surface area contributed by atoms with E-state index in [9.17, 15) is 14.4 Å². The predicted molar refractivity (Wildman–Crippen MR) is 127 cm³/mol. The number of fused-ring (bicyclic) bond motifs is 1. The van der Waals surface area contributed by atoms with E-state index in [1.807, 2.05) is 0 Å². The van der Waals surface area contributed by atoms with Crippen molar-refractivity contribution in [1.29, 1.82) is 0 Å². The molecule has 1 aromatic rings. The summed E-state index contributed by atoms with van der Waals surface area (Å²) in [6, 6.07) is 5.88. The molecule has 2 aliphatic rings. The van der Waals surface area contributed by atoms with E-state index in [1.54, 1.807) is 31.2 Å². The third-order valence-electron chi connectivity index (χ3n) is 6.87. The van der Waals surface area contributed by atoms with E-state index >= 15 is 0 Å². The van der Waals surface area contributed by atoms with Crippen LogP contribution in [0.5, 0.6) is 0 Å². The summed E-state index contributed by atoms with van der Waals surface area (Å²) < 4.78 is 0. The van der Waals surface area contributed by atoms with Crippen LogP contribution in [0.2, 0.25) is 0 Å². The second-order valence-electron chi connectivity index (χ2n) is 9.34. The number of nitrogens with zero attached hydrogens (tertiary/aromatic N) is 1. The lowest BCUT2D eigenvalue weighted by molar-refractivity contribution is -0.129. The van der Waals surface area contributed by atoms with E-state index in [0.29, 0.717) is 17.7 Å². The Morgan fingerprint density at radius 3 is 2.50 bits per heavy atom. The fourth-order valence-corrected chi connectivity index (χ4v) is 4.93. The van der Waals surface area contributed by atoms with Gasteiger partial charge in [-0.05, 0) is 38.3 Å². The lowest BCUT2D eigenvalue weighted by atomic mass is 9.94. The summed E-state index contributed by atoms with van der Waals surface area (Å²) in [6.07, 6.45) is 12.7. The number of nitrogens with one attached hydrogen (secondary N) is 2. The third kappa shape index (κ3) is 6.11. The first-order valence-corrected chi connectivity index (χ1v) is 12.6. The highest BCUT2D eigenvalue weighted by Gasteiger charge is 2.40. The van der Waals surface area contributed by atoms with Crippen molar-refractivity contribution in [2.24, 2.45) is 0 Å². The van der Waals surface area contributed by atoms with E-state index in [4.69, 9.17) is 0 Å². The van der Waals surface area contributed by atoms with Crippen molar-refractivity contribution in [3.05, 3.63) is 29.8 Å². The molecule has 3 amide bonds. The molecule has 0 aromatic heterocycles. The second kappa shape index (κ2) is 12.0. The molecular weight excluding hydrogens is 402 g/mol. The van der Waals surface area contributed by atoms with Crippen LogP contribution in [0.25, 0.3) is 0 Å². The average Bonchev–Trinajstić information content (AvgIpc) is 2.89. The van der Waals surface area contributed by atoms with Crippen LogP contribution in [0.3, 0.4) is 0 Å². The number of unbranched alkanes of at least 4 members (excludes halogenated alkanes) is 5. The molecule has 176 valence electrons. The van der Waals surface area contributed by atoms with Gasteiger partial charge < -0.3 is 15.5 Å². The molecule has 1 aliphatic carbocycles. The van der Waals surface area contributed by atoms with Gasteiger partial charge in [-0.2, -0.15) is 0 Å². The summed E-state index contributed by atoms with van der Waals surface area (Å²) in [6.45, 7) is 3.92. The summed E-state index contributed by atoms with van der Waals surface area (Å²) in [5.74, 6) is -0.610. The number of anilines is 1. The Balaban J connectivity index is 1.80. The molecule has 0 bridgehead atoms. The number of carbonyl (C=O) groups excluding carboxylic acids is 3. The zero-order valence-electron chi connectivity index (χ0n) is 19.7. The van der Waals surface area contributed by atoms with Crippen LogP contribution in [0.1, 0.15) is 101 Å². The topological polar surface area (TPSA) is 78.5 Å².